The minimum Gasteiger partial charge on any atom is -0.478 e. The molecule has 1 fully saturated rings. The Hall–Kier alpha value is -3.26. The molecule has 0 bridgehead atoms. The highest BCUT2D eigenvalue weighted by Crippen LogP contribution is 2.31. The number of hydrogen-bond donors (Lipinski definition) is 1. The predicted molar refractivity (Wildman–Crippen MR) is 98.9 cm³/mol. The highest BCUT2D eigenvalue weighted by atomic mass is 16.4. The van der Waals surface area contributed by atoms with E-state index in [-0.39, 0.29) is 11.5 Å². The zero-order valence-electron chi connectivity index (χ0n) is 14.2. The number of anilines is 2. The zero-order valence-corrected chi connectivity index (χ0v) is 14.2. The van der Waals surface area contributed by atoms with Crippen LogP contribution in [0.25, 0.3) is 0 Å². The summed E-state index contributed by atoms with van der Waals surface area (Å²) in [6.07, 6.45) is 2.13. The topological polar surface area (TPSA) is 60.9 Å². The van der Waals surface area contributed by atoms with Gasteiger partial charge in [0.2, 0.25) is 0 Å². The van der Waals surface area contributed by atoms with Crippen LogP contribution in [0, 0.1) is 11.8 Å². The molecule has 0 saturated carbocycles. The van der Waals surface area contributed by atoms with Crippen LogP contribution in [-0.2, 0) is 0 Å². The quantitative estimate of drug-likeness (QED) is 0.868. The molecule has 1 N–H and O–H groups in total. The van der Waals surface area contributed by atoms with Crippen molar-refractivity contribution in [2.24, 2.45) is 0 Å². The van der Waals surface area contributed by atoms with E-state index in [1.807, 2.05) is 28.0 Å². The summed E-state index contributed by atoms with van der Waals surface area (Å²) in [5.41, 5.74) is 3.56. The molecule has 2 aromatic rings. The van der Waals surface area contributed by atoms with E-state index in [0.717, 1.165) is 42.9 Å². The number of carboxylic acids is 1. The molecule has 0 aromatic heterocycles. The van der Waals surface area contributed by atoms with Gasteiger partial charge in [-0.05, 0) is 55.3 Å². The fraction of sp³-hybridized carbons (Fsp3) is 0.238. The third kappa shape index (κ3) is 2.91. The molecule has 0 unspecified atom stereocenters. The van der Waals surface area contributed by atoms with Gasteiger partial charge < -0.3 is 14.9 Å². The summed E-state index contributed by atoms with van der Waals surface area (Å²) in [4.78, 5) is 27.5. The van der Waals surface area contributed by atoms with Crippen LogP contribution in [0.2, 0.25) is 0 Å². The number of carbonyl (C=O) groups is 2. The van der Waals surface area contributed by atoms with Crippen LogP contribution in [-0.4, -0.2) is 41.5 Å². The maximum atomic E-state index is 12.6. The third-order valence-corrected chi connectivity index (χ3v) is 4.81. The molecular weight excluding hydrogens is 328 g/mol. The van der Waals surface area contributed by atoms with Gasteiger partial charge in [-0.1, -0.05) is 11.8 Å². The van der Waals surface area contributed by atoms with Crippen LogP contribution in [0.3, 0.4) is 0 Å². The fourth-order valence-electron chi connectivity index (χ4n) is 3.42. The molecule has 5 heteroatoms. The average molecular weight is 346 g/mol. The van der Waals surface area contributed by atoms with Crippen molar-refractivity contribution in [2.75, 3.05) is 24.5 Å². The van der Waals surface area contributed by atoms with E-state index >= 15 is 0 Å². The maximum absolute atomic E-state index is 12.6. The van der Waals surface area contributed by atoms with E-state index in [1.54, 1.807) is 24.3 Å². The molecule has 2 aromatic carbocycles. The number of carboxylic acid groups (broad SMARTS) is 1. The first kappa shape index (κ1) is 16.2. The maximum Gasteiger partial charge on any atom is 0.335 e. The van der Waals surface area contributed by atoms with Crippen molar-refractivity contribution in [3.63, 3.8) is 0 Å². The van der Waals surface area contributed by atoms with Crippen molar-refractivity contribution in [3.8, 4) is 11.8 Å². The molecule has 1 saturated heterocycles. The molecule has 1 amide bonds. The molecule has 0 radical (unpaired) electrons. The number of benzene rings is 2. The Labute approximate surface area is 151 Å². The summed E-state index contributed by atoms with van der Waals surface area (Å²) < 4.78 is 0. The SMILES string of the molecule is O=C(O)c1ccc(N2CC#Cc3cc(C(=O)N4CCCC4)ccc32)cc1. The Balaban J connectivity index is 1.64. The van der Waals surface area contributed by atoms with Crippen molar-refractivity contribution in [3.05, 3.63) is 59.2 Å². The van der Waals surface area contributed by atoms with Crippen LogP contribution in [0.15, 0.2) is 42.5 Å². The lowest BCUT2D eigenvalue weighted by Crippen LogP contribution is -2.28. The van der Waals surface area contributed by atoms with Crippen molar-refractivity contribution in [1.82, 2.24) is 4.90 Å². The summed E-state index contributed by atoms with van der Waals surface area (Å²) in [5, 5.41) is 9.04. The van der Waals surface area contributed by atoms with Crippen molar-refractivity contribution < 1.29 is 14.7 Å². The average Bonchev–Trinajstić information content (AvgIpc) is 3.21. The first-order valence-corrected chi connectivity index (χ1v) is 8.66. The Morgan fingerprint density at radius 1 is 0.962 bits per heavy atom. The fourth-order valence-corrected chi connectivity index (χ4v) is 3.42. The monoisotopic (exact) mass is 346 g/mol. The second-order valence-electron chi connectivity index (χ2n) is 6.47. The van der Waals surface area contributed by atoms with Gasteiger partial charge in [0.05, 0.1) is 17.8 Å². The number of carbonyl (C=O) groups excluding carboxylic acids is 1. The Kier molecular flexibility index (Phi) is 4.10. The van der Waals surface area contributed by atoms with Gasteiger partial charge in [0.1, 0.15) is 0 Å². The zero-order chi connectivity index (χ0) is 18.1. The van der Waals surface area contributed by atoms with Gasteiger partial charge in [-0.3, -0.25) is 4.79 Å². The molecule has 2 aliphatic heterocycles. The molecule has 0 atom stereocenters. The normalized spacial score (nSPS) is 15.2. The molecule has 130 valence electrons. The number of aromatic carboxylic acids is 1. The molecule has 5 nitrogen and oxygen atoms in total. The van der Waals surface area contributed by atoms with Crippen LogP contribution in [0.5, 0.6) is 0 Å². The smallest absolute Gasteiger partial charge is 0.335 e. The summed E-state index contributed by atoms with van der Waals surface area (Å²) >= 11 is 0. The van der Waals surface area contributed by atoms with E-state index in [9.17, 15) is 9.59 Å². The highest BCUT2D eigenvalue weighted by Gasteiger charge is 2.22. The van der Waals surface area contributed by atoms with Crippen LogP contribution >= 0.6 is 0 Å². The largest absolute Gasteiger partial charge is 0.478 e. The molecule has 0 aliphatic carbocycles. The van der Waals surface area contributed by atoms with E-state index in [1.165, 1.54) is 0 Å². The number of rotatable bonds is 3. The molecule has 0 spiro atoms. The summed E-state index contributed by atoms with van der Waals surface area (Å²) in [6, 6.07) is 12.4. The van der Waals surface area contributed by atoms with Gasteiger partial charge in [0, 0.05) is 29.9 Å². The summed E-state index contributed by atoms with van der Waals surface area (Å²) in [6.45, 7) is 2.17. The van der Waals surface area contributed by atoms with Crippen LogP contribution in [0.4, 0.5) is 11.4 Å². The molecule has 26 heavy (non-hydrogen) atoms. The second kappa shape index (κ2) is 6.57. The van der Waals surface area contributed by atoms with Gasteiger partial charge >= 0.3 is 5.97 Å². The number of nitrogens with zero attached hydrogens (tertiary/aromatic N) is 2. The van der Waals surface area contributed by atoms with Crippen LogP contribution in [0.1, 0.15) is 39.1 Å². The summed E-state index contributed by atoms with van der Waals surface area (Å²) in [5.74, 6) is 5.34. The molecular formula is C21H18N2O3. The van der Waals surface area contributed by atoms with Crippen LogP contribution < -0.4 is 4.90 Å². The standard InChI is InChI=1S/C21H18N2O3/c24-20(22-11-1-2-12-22)17-7-10-19-16(14-17)4-3-13-23(19)18-8-5-15(6-9-18)21(25)26/h5-10,14H,1-2,11-13H2,(H,25,26). The van der Waals surface area contributed by atoms with E-state index in [0.29, 0.717) is 12.1 Å². The molecule has 4 rings (SSSR count). The third-order valence-electron chi connectivity index (χ3n) is 4.81. The lowest BCUT2D eigenvalue weighted by atomic mass is 10.0. The highest BCUT2D eigenvalue weighted by molar-refractivity contribution is 5.96. The van der Waals surface area contributed by atoms with E-state index in [2.05, 4.69) is 11.8 Å². The number of likely N-dealkylation sites (tertiary alicyclic amines) is 1. The number of amides is 1. The van der Waals surface area contributed by atoms with E-state index in [4.69, 9.17) is 5.11 Å². The number of hydrogen-bond acceptors (Lipinski definition) is 3. The second-order valence-corrected chi connectivity index (χ2v) is 6.47. The van der Waals surface area contributed by atoms with Crippen molar-refractivity contribution in [2.45, 2.75) is 12.8 Å². The lowest BCUT2D eigenvalue weighted by Gasteiger charge is -2.27. The molecule has 2 aliphatic rings. The van der Waals surface area contributed by atoms with Gasteiger partial charge in [-0.25, -0.2) is 4.79 Å². The number of fused-ring (bicyclic) bond motifs is 1. The van der Waals surface area contributed by atoms with Gasteiger partial charge in [0.15, 0.2) is 0 Å². The van der Waals surface area contributed by atoms with E-state index < -0.39 is 5.97 Å². The Morgan fingerprint density at radius 2 is 1.65 bits per heavy atom. The lowest BCUT2D eigenvalue weighted by molar-refractivity contribution is 0.0696. The minimum absolute atomic E-state index is 0.0648. The first-order valence-electron chi connectivity index (χ1n) is 8.66. The van der Waals surface area contributed by atoms with Crippen molar-refractivity contribution in [1.29, 1.82) is 0 Å². The first-order chi connectivity index (χ1) is 12.6. The Bertz CT molecular complexity index is 932. The van der Waals surface area contributed by atoms with Gasteiger partial charge in [-0.15, -0.1) is 0 Å². The van der Waals surface area contributed by atoms with Gasteiger partial charge in [-0.2, -0.15) is 0 Å². The van der Waals surface area contributed by atoms with Crippen molar-refractivity contribution >= 4 is 23.3 Å². The Morgan fingerprint density at radius 3 is 2.35 bits per heavy atom. The predicted octanol–water partition coefficient (Wildman–Crippen LogP) is 3.12. The minimum atomic E-state index is -0.944. The van der Waals surface area contributed by atoms with Gasteiger partial charge in [0.25, 0.3) is 5.91 Å². The summed E-state index contributed by atoms with van der Waals surface area (Å²) in [7, 11) is 0. The molecule has 2 heterocycles.